The maximum absolute atomic E-state index is 5.83. The molecule has 0 aromatic rings. The van der Waals surface area contributed by atoms with Gasteiger partial charge in [0.05, 0.1) is 6.10 Å². The average molecular weight is 292 g/mol. The average Bonchev–Trinajstić information content (AvgIpc) is 2.36. The maximum Gasteiger partial charge on any atom is 0.500 e. The number of ether oxygens (including phenoxy) is 1. The Morgan fingerprint density at radius 3 is 1.74 bits per heavy atom. The summed E-state index contributed by atoms with van der Waals surface area (Å²) < 4.78 is 23.0. The van der Waals surface area contributed by atoms with Crippen LogP contribution in [0.5, 0.6) is 0 Å². The van der Waals surface area contributed by atoms with E-state index in [4.69, 9.17) is 18.0 Å². The minimum Gasteiger partial charge on any atom is -0.379 e. The van der Waals surface area contributed by atoms with E-state index in [0.29, 0.717) is 25.9 Å². The van der Waals surface area contributed by atoms with Gasteiger partial charge in [0.15, 0.2) is 0 Å². The molecule has 1 unspecified atom stereocenters. The van der Waals surface area contributed by atoms with Crippen molar-refractivity contribution < 1.29 is 18.0 Å². The fraction of sp³-hybridized carbons (Fsp3) is 1.00. The summed E-state index contributed by atoms with van der Waals surface area (Å²) in [7, 11) is -2.43. The van der Waals surface area contributed by atoms with E-state index in [1.807, 2.05) is 27.7 Å². The molecule has 0 rings (SSSR count). The fourth-order valence-electron chi connectivity index (χ4n) is 2.14. The molecular formula is C14H32O4Si. The van der Waals surface area contributed by atoms with Crippen molar-refractivity contribution in [2.75, 3.05) is 26.4 Å². The molecule has 0 aromatic heterocycles. The molecule has 5 heteroatoms. The molecule has 0 radical (unpaired) electrons. The van der Waals surface area contributed by atoms with E-state index in [1.165, 1.54) is 0 Å². The lowest BCUT2D eigenvalue weighted by Crippen LogP contribution is -2.45. The highest BCUT2D eigenvalue weighted by Crippen LogP contribution is 2.20. The van der Waals surface area contributed by atoms with E-state index in [0.717, 1.165) is 31.9 Å². The minimum absolute atomic E-state index is 0.340. The molecule has 0 saturated heterocycles. The summed E-state index contributed by atoms with van der Waals surface area (Å²) in [6, 6.07) is 0.904. The lowest BCUT2D eigenvalue weighted by molar-refractivity contribution is 0.0632. The predicted octanol–water partition coefficient (Wildman–Crippen LogP) is 3.63. The molecule has 0 bridgehead atoms. The highest BCUT2D eigenvalue weighted by atomic mass is 28.4. The van der Waals surface area contributed by atoms with E-state index in [1.54, 1.807) is 0 Å². The summed E-state index contributed by atoms with van der Waals surface area (Å²) in [4.78, 5) is 0. The zero-order valence-corrected chi connectivity index (χ0v) is 14.4. The van der Waals surface area contributed by atoms with Crippen molar-refractivity contribution in [1.29, 1.82) is 0 Å². The van der Waals surface area contributed by atoms with Crippen LogP contribution in [0.15, 0.2) is 0 Å². The van der Waals surface area contributed by atoms with E-state index in [2.05, 4.69) is 6.92 Å². The normalized spacial score (nSPS) is 13.7. The van der Waals surface area contributed by atoms with E-state index in [-0.39, 0.29) is 0 Å². The van der Waals surface area contributed by atoms with Gasteiger partial charge in [-0.2, -0.15) is 0 Å². The maximum atomic E-state index is 5.83. The van der Waals surface area contributed by atoms with Crippen molar-refractivity contribution in [2.24, 2.45) is 0 Å². The third-order valence-electron chi connectivity index (χ3n) is 2.89. The first-order valence-corrected chi connectivity index (χ1v) is 9.60. The smallest absolute Gasteiger partial charge is 0.379 e. The van der Waals surface area contributed by atoms with Crippen LogP contribution in [0, 0.1) is 0 Å². The highest BCUT2D eigenvalue weighted by molar-refractivity contribution is 6.60. The quantitative estimate of drug-likeness (QED) is 0.384. The molecule has 0 N–H and O–H groups in total. The van der Waals surface area contributed by atoms with Gasteiger partial charge in [0.2, 0.25) is 0 Å². The third kappa shape index (κ3) is 8.76. The Morgan fingerprint density at radius 2 is 1.32 bits per heavy atom. The molecule has 0 aliphatic carbocycles. The third-order valence-corrected chi connectivity index (χ3v) is 6.04. The van der Waals surface area contributed by atoms with Gasteiger partial charge in [-0.15, -0.1) is 0 Å². The molecule has 4 nitrogen and oxygen atoms in total. The van der Waals surface area contributed by atoms with Crippen molar-refractivity contribution >= 4 is 8.80 Å². The molecule has 0 spiro atoms. The SMILES string of the molecule is CCOC(C)CCCC[Si](OCC)(OCC)OCC. The Hall–Kier alpha value is 0.0569. The second kappa shape index (κ2) is 11.8. The van der Waals surface area contributed by atoms with Crippen LogP contribution in [0.1, 0.15) is 53.9 Å². The van der Waals surface area contributed by atoms with Crippen molar-refractivity contribution in [3.05, 3.63) is 0 Å². The van der Waals surface area contributed by atoms with Gasteiger partial charge in [-0.3, -0.25) is 0 Å². The largest absolute Gasteiger partial charge is 0.500 e. The van der Waals surface area contributed by atoms with Crippen molar-refractivity contribution in [2.45, 2.75) is 66.0 Å². The fourth-order valence-corrected chi connectivity index (χ4v) is 4.83. The van der Waals surface area contributed by atoms with Crippen LogP contribution < -0.4 is 0 Å². The second-order valence-corrected chi connectivity index (χ2v) is 7.23. The summed E-state index contributed by atoms with van der Waals surface area (Å²) in [5, 5.41) is 0. The van der Waals surface area contributed by atoms with Gasteiger partial charge in [-0.05, 0) is 47.5 Å². The molecule has 1 atom stereocenters. The molecule has 0 aromatic carbocycles. The molecule has 0 fully saturated rings. The lowest BCUT2D eigenvalue weighted by atomic mass is 10.2. The topological polar surface area (TPSA) is 36.9 Å². The van der Waals surface area contributed by atoms with E-state index < -0.39 is 8.80 Å². The van der Waals surface area contributed by atoms with Crippen LogP contribution >= 0.6 is 0 Å². The molecule has 0 saturated carbocycles. The van der Waals surface area contributed by atoms with Gasteiger partial charge >= 0.3 is 8.80 Å². The van der Waals surface area contributed by atoms with Gasteiger partial charge in [-0.25, -0.2) is 0 Å². The summed E-state index contributed by atoms with van der Waals surface area (Å²) >= 11 is 0. The Balaban J connectivity index is 4.09. The molecule has 0 amide bonds. The monoisotopic (exact) mass is 292 g/mol. The van der Waals surface area contributed by atoms with Crippen LogP contribution in [-0.2, 0) is 18.0 Å². The molecule has 116 valence electrons. The highest BCUT2D eigenvalue weighted by Gasteiger charge is 2.39. The zero-order valence-electron chi connectivity index (χ0n) is 13.4. The minimum atomic E-state index is -2.43. The van der Waals surface area contributed by atoms with Gasteiger partial charge in [-0.1, -0.05) is 6.42 Å². The first kappa shape index (κ1) is 19.1. The Morgan fingerprint density at radius 1 is 0.789 bits per heavy atom. The van der Waals surface area contributed by atoms with Gasteiger partial charge < -0.3 is 18.0 Å². The molecular weight excluding hydrogens is 260 g/mol. The van der Waals surface area contributed by atoms with Crippen molar-refractivity contribution in [3.63, 3.8) is 0 Å². The van der Waals surface area contributed by atoms with Crippen LogP contribution in [0.25, 0.3) is 0 Å². The van der Waals surface area contributed by atoms with Crippen molar-refractivity contribution in [3.8, 4) is 0 Å². The first-order valence-electron chi connectivity index (χ1n) is 7.67. The van der Waals surface area contributed by atoms with E-state index >= 15 is 0 Å². The predicted molar refractivity (Wildman–Crippen MR) is 80.4 cm³/mol. The van der Waals surface area contributed by atoms with E-state index in [9.17, 15) is 0 Å². The van der Waals surface area contributed by atoms with Crippen LogP contribution in [-0.4, -0.2) is 41.3 Å². The number of unbranched alkanes of at least 4 members (excludes halogenated alkanes) is 1. The van der Waals surface area contributed by atoms with Gasteiger partial charge in [0.25, 0.3) is 0 Å². The number of hydrogen-bond donors (Lipinski definition) is 0. The summed E-state index contributed by atoms with van der Waals surface area (Å²) in [5.41, 5.74) is 0. The van der Waals surface area contributed by atoms with Crippen LogP contribution in [0.2, 0.25) is 6.04 Å². The Labute approximate surface area is 120 Å². The molecule has 0 heterocycles. The molecule has 19 heavy (non-hydrogen) atoms. The zero-order chi connectivity index (χ0) is 14.6. The molecule has 0 aliphatic rings. The second-order valence-electron chi connectivity index (χ2n) is 4.49. The van der Waals surface area contributed by atoms with Crippen molar-refractivity contribution in [1.82, 2.24) is 0 Å². The Kier molecular flexibility index (Phi) is 11.9. The van der Waals surface area contributed by atoms with Crippen LogP contribution in [0.4, 0.5) is 0 Å². The number of rotatable bonds is 13. The summed E-state index contributed by atoms with van der Waals surface area (Å²) in [5.74, 6) is 0. The standard InChI is InChI=1S/C14H32O4Si/c1-6-15-14(5)12-10-11-13-19(16-7-2,17-8-3)18-9-4/h14H,6-13H2,1-5H3. The summed E-state index contributed by atoms with van der Waals surface area (Å²) in [6.45, 7) is 12.9. The van der Waals surface area contributed by atoms with Crippen LogP contribution in [0.3, 0.4) is 0 Å². The molecule has 0 aliphatic heterocycles. The van der Waals surface area contributed by atoms with Gasteiger partial charge in [0.1, 0.15) is 0 Å². The summed E-state index contributed by atoms with van der Waals surface area (Å²) in [6.07, 6.45) is 3.63. The first-order chi connectivity index (χ1) is 9.14. The Bertz CT molecular complexity index is 185. The van der Waals surface area contributed by atoms with Gasteiger partial charge in [0, 0.05) is 32.5 Å². The number of hydrogen-bond acceptors (Lipinski definition) is 4. The lowest BCUT2D eigenvalue weighted by Gasteiger charge is -2.28.